The van der Waals surface area contributed by atoms with Crippen molar-refractivity contribution in [3.63, 3.8) is 0 Å². The lowest BCUT2D eigenvalue weighted by Crippen LogP contribution is -2.25. The van der Waals surface area contributed by atoms with Gasteiger partial charge < -0.3 is 11.1 Å². The maximum Gasteiger partial charge on any atom is 0.183 e. The largest absolute Gasteiger partial charge is 0.397 e. The van der Waals surface area contributed by atoms with E-state index in [0.717, 1.165) is 18.9 Å². The number of nitrogen functional groups attached to an aromatic ring is 1. The Labute approximate surface area is 100 Å². The van der Waals surface area contributed by atoms with Crippen LogP contribution in [0.1, 0.15) is 32.6 Å². The predicted octanol–water partition coefficient (Wildman–Crippen LogP) is 3.54. The van der Waals surface area contributed by atoms with E-state index in [0.29, 0.717) is 5.92 Å². The monoisotopic (exact) mass is 240 g/mol. The van der Waals surface area contributed by atoms with Crippen molar-refractivity contribution < 1.29 is 8.78 Å². The van der Waals surface area contributed by atoms with E-state index in [1.54, 1.807) is 0 Å². The maximum atomic E-state index is 13.6. The zero-order chi connectivity index (χ0) is 12.4. The molecule has 1 aromatic rings. The van der Waals surface area contributed by atoms with Gasteiger partial charge in [-0.1, -0.05) is 12.8 Å². The third-order valence-electron chi connectivity index (χ3n) is 3.61. The average Bonchev–Trinajstić information content (AvgIpc) is 2.83. The minimum Gasteiger partial charge on any atom is -0.397 e. The topological polar surface area (TPSA) is 38.0 Å². The summed E-state index contributed by atoms with van der Waals surface area (Å²) in [5.41, 5.74) is 6.03. The molecule has 0 aromatic heterocycles. The van der Waals surface area contributed by atoms with Crippen LogP contribution in [-0.2, 0) is 0 Å². The van der Waals surface area contributed by atoms with Gasteiger partial charge in [0.05, 0.1) is 11.4 Å². The summed E-state index contributed by atoms with van der Waals surface area (Å²) in [5.74, 6) is -1.22. The molecule has 3 N–H and O–H groups in total. The van der Waals surface area contributed by atoms with Gasteiger partial charge in [0.25, 0.3) is 0 Å². The van der Waals surface area contributed by atoms with Crippen LogP contribution < -0.4 is 11.1 Å². The number of halogens is 2. The molecular formula is C13H18F2N2. The molecule has 1 saturated carbocycles. The first kappa shape index (κ1) is 12.1. The molecule has 1 atom stereocenters. The van der Waals surface area contributed by atoms with Crippen LogP contribution in [0.5, 0.6) is 0 Å². The number of hydrogen-bond donors (Lipinski definition) is 2. The highest BCUT2D eigenvalue weighted by Gasteiger charge is 2.23. The molecular weight excluding hydrogens is 222 g/mol. The van der Waals surface area contributed by atoms with Crippen molar-refractivity contribution in [2.75, 3.05) is 11.1 Å². The molecule has 0 spiro atoms. The second-order valence-corrected chi connectivity index (χ2v) is 4.80. The van der Waals surface area contributed by atoms with Gasteiger partial charge in [-0.3, -0.25) is 0 Å². The molecule has 4 heteroatoms. The highest BCUT2D eigenvalue weighted by Crippen LogP contribution is 2.32. The first-order chi connectivity index (χ1) is 8.09. The van der Waals surface area contributed by atoms with E-state index in [1.807, 2.05) is 6.92 Å². The van der Waals surface area contributed by atoms with Gasteiger partial charge >= 0.3 is 0 Å². The van der Waals surface area contributed by atoms with Gasteiger partial charge in [-0.25, -0.2) is 8.78 Å². The van der Waals surface area contributed by atoms with E-state index in [9.17, 15) is 8.78 Å². The Bertz CT molecular complexity index is 401. The summed E-state index contributed by atoms with van der Waals surface area (Å²) in [6.07, 6.45) is 4.73. The van der Waals surface area contributed by atoms with Crippen LogP contribution in [0.3, 0.4) is 0 Å². The van der Waals surface area contributed by atoms with E-state index in [4.69, 9.17) is 5.73 Å². The molecule has 0 aliphatic heterocycles. The Kier molecular flexibility index (Phi) is 3.50. The Morgan fingerprint density at radius 2 is 1.94 bits per heavy atom. The first-order valence-electron chi connectivity index (χ1n) is 6.09. The number of nitrogens with one attached hydrogen (secondary N) is 1. The smallest absolute Gasteiger partial charge is 0.183 e. The van der Waals surface area contributed by atoms with Crippen molar-refractivity contribution in [1.82, 2.24) is 0 Å². The number of rotatable bonds is 3. The first-order valence-corrected chi connectivity index (χ1v) is 6.09. The van der Waals surface area contributed by atoms with Gasteiger partial charge in [-0.15, -0.1) is 0 Å². The highest BCUT2D eigenvalue weighted by atomic mass is 19.2. The quantitative estimate of drug-likeness (QED) is 0.793. The molecule has 17 heavy (non-hydrogen) atoms. The van der Waals surface area contributed by atoms with Crippen LogP contribution in [0.15, 0.2) is 12.1 Å². The van der Waals surface area contributed by atoms with Crippen LogP contribution in [0.25, 0.3) is 0 Å². The van der Waals surface area contributed by atoms with Crippen molar-refractivity contribution >= 4 is 11.4 Å². The molecule has 1 aliphatic rings. The van der Waals surface area contributed by atoms with Gasteiger partial charge in [0.2, 0.25) is 0 Å². The number of benzene rings is 1. The summed E-state index contributed by atoms with van der Waals surface area (Å²) in [5, 5.41) is 3.02. The van der Waals surface area contributed by atoms with Gasteiger partial charge in [0, 0.05) is 6.04 Å². The number of hydrogen-bond acceptors (Lipinski definition) is 2. The van der Waals surface area contributed by atoms with Crippen molar-refractivity contribution in [2.24, 2.45) is 5.92 Å². The Morgan fingerprint density at radius 3 is 2.59 bits per heavy atom. The molecule has 2 nitrogen and oxygen atoms in total. The molecule has 0 saturated heterocycles. The zero-order valence-corrected chi connectivity index (χ0v) is 9.97. The molecule has 1 unspecified atom stereocenters. The van der Waals surface area contributed by atoms with E-state index < -0.39 is 11.6 Å². The van der Waals surface area contributed by atoms with Crippen molar-refractivity contribution in [2.45, 2.75) is 38.6 Å². The summed E-state index contributed by atoms with van der Waals surface area (Å²) in [6, 6.07) is 2.56. The second kappa shape index (κ2) is 4.90. The zero-order valence-electron chi connectivity index (χ0n) is 9.97. The Hall–Kier alpha value is -1.32. The Morgan fingerprint density at radius 1 is 1.29 bits per heavy atom. The van der Waals surface area contributed by atoms with Crippen molar-refractivity contribution in [1.29, 1.82) is 0 Å². The van der Waals surface area contributed by atoms with E-state index in [2.05, 4.69) is 5.32 Å². The summed E-state index contributed by atoms with van der Waals surface area (Å²) in [4.78, 5) is 0. The lowest BCUT2D eigenvalue weighted by Gasteiger charge is -2.22. The standard InChI is InChI=1S/C13H18F2N2/c1-8(9-4-2-3-5-9)17-13-11(16)7-6-10(14)12(13)15/h6-9,17H,2-5,16H2,1H3. The summed E-state index contributed by atoms with van der Waals surface area (Å²) >= 11 is 0. The lowest BCUT2D eigenvalue weighted by atomic mass is 9.99. The van der Waals surface area contributed by atoms with Crippen LogP contribution in [0.2, 0.25) is 0 Å². The van der Waals surface area contributed by atoms with Crippen molar-refractivity contribution in [3.05, 3.63) is 23.8 Å². The van der Waals surface area contributed by atoms with Gasteiger partial charge in [-0.2, -0.15) is 0 Å². The fraction of sp³-hybridized carbons (Fsp3) is 0.538. The number of nitrogens with two attached hydrogens (primary N) is 1. The SMILES string of the molecule is CC(Nc1c(N)ccc(F)c1F)C1CCCC1. The minimum atomic E-state index is -0.880. The van der Waals surface area contributed by atoms with Crippen LogP contribution >= 0.6 is 0 Å². The Balaban J connectivity index is 2.14. The van der Waals surface area contributed by atoms with Crippen LogP contribution in [0.4, 0.5) is 20.2 Å². The van der Waals surface area contributed by atoms with Gasteiger partial charge in [0.15, 0.2) is 11.6 Å². The van der Waals surface area contributed by atoms with Crippen LogP contribution in [0, 0.1) is 17.6 Å². The number of anilines is 2. The molecule has 1 fully saturated rings. The van der Waals surface area contributed by atoms with E-state index >= 15 is 0 Å². The van der Waals surface area contributed by atoms with Crippen molar-refractivity contribution in [3.8, 4) is 0 Å². The molecule has 2 rings (SSSR count). The normalized spacial score (nSPS) is 18.3. The summed E-state index contributed by atoms with van der Waals surface area (Å²) in [7, 11) is 0. The van der Waals surface area contributed by atoms with E-state index in [1.165, 1.54) is 18.9 Å². The fourth-order valence-electron chi connectivity index (χ4n) is 2.52. The highest BCUT2D eigenvalue weighted by molar-refractivity contribution is 5.67. The molecule has 0 radical (unpaired) electrons. The third kappa shape index (κ3) is 2.51. The molecule has 94 valence electrons. The summed E-state index contributed by atoms with van der Waals surface area (Å²) < 4.78 is 26.7. The fourth-order valence-corrected chi connectivity index (χ4v) is 2.52. The molecule has 0 heterocycles. The van der Waals surface area contributed by atoms with E-state index in [-0.39, 0.29) is 17.4 Å². The summed E-state index contributed by atoms with van der Waals surface area (Å²) in [6.45, 7) is 2.00. The maximum absolute atomic E-state index is 13.6. The minimum absolute atomic E-state index is 0.101. The molecule has 0 bridgehead atoms. The van der Waals surface area contributed by atoms with Gasteiger partial charge in [-0.05, 0) is 37.8 Å². The van der Waals surface area contributed by atoms with Crippen LogP contribution in [-0.4, -0.2) is 6.04 Å². The lowest BCUT2D eigenvalue weighted by molar-refractivity contribution is 0.473. The molecule has 1 aromatic carbocycles. The molecule has 1 aliphatic carbocycles. The third-order valence-corrected chi connectivity index (χ3v) is 3.61. The second-order valence-electron chi connectivity index (χ2n) is 4.80. The molecule has 0 amide bonds. The average molecular weight is 240 g/mol. The predicted molar refractivity (Wildman–Crippen MR) is 65.8 cm³/mol. The van der Waals surface area contributed by atoms with Gasteiger partial charge in [0.1, 0.15) is 0 Å².